The highest BCUT2D eigenvalue weighted by atomic mass is 32.1. The second kappa shape index (κ2) is 15.1. The lowest BCUT2D eigenvalue weighted by Gasteiger charge is -2.36. The van der Waals surface area contributed by atoms with E-state index in [1.807, 2.05) is 24.4 Å². The van der Waals surface area contributed by atoms with Crippen molar-refractivity contribution >= 4 is 30.6 Å². The van der Waals surface area contributed by atoms with Gasteiger partial charge in [0.1, 0.15) is 16.5 Å². The topological polar surface area (TPSA) is 76.9 Å². The van der Waals surface area contributed by atoms with E-state index in [1.165, 1.54) is 5.56 Å². The Morgan fingerprint density at radius 1 is 0.955 bits per heavy atom. The summed E-state index contributed by atoms with van der Waals surface area (Å²) < 4.78 is 32.2. The fourth-order valence-corrected chi connectivity index (χ4v) is 6.72. The highest BCUT2D eigenvalue weighted by Crippen LogP contribution is 2.40. The molecule has 0 spiro atoms. The van der Waals surface area contributed by atoms with Gasteiger partial charge in [0.15, 0.2) is 6.23 Å². The molecule has 44 heavy (non-hydrogen) atoms. The van der Waals surface area contributed by atoms with Crippen molar-refractivity contribution in [1.29, 1.82) is 0 Å². The molecule has 1 aliphatic heterocycles. The van der Waals surface area contributed by atoms with Gasteiger partial charge in [0, 0.05) is 31.4 Å². The Kier molecular flexibility index (Phi) is 11.3. The van der Waals surface area contributed by atoms with Crippen LogP contribution in [0.2, 0.25) is 18.1 Å². The number of fused-ring (bicyclic) bond motifs is 1. The molecule has 4 aromatic rings. The van der Waals surface area contributed by atoms with Crippen molar-refractivity contribution in [2.24, 2.45) is 0 Å². The van der Waals surface area contributed by atoms with E-state index in [9.17, 15) is 0 Å². The third-order valence-corrected chi connectivity index (χ3v) is 13.7. The second-order valence-electron chi connectivity index (χ2n) is 12.8. The molecule has 1 atom stereocenters. The van der Waals surface area contributed by atoms with E-state index in [2.05, 4.69) is 73.9 Å². The summed E-state index contributed by atoms with van der Waals surface area (Å²) in [5.74, 6) is 0.896. The van der Waals surface area contributed by atoms with Gasteiger partial charge in [-0.05, 0) is 67.6 Å². The molecule has 0 radical (unpaired) electrons. The van der Waals surface area contributed by atoms with E-state index < -0.39 is 8.32 Å². The molecule has 3 heterocycles. The monoisotopic (exact) mass is 637 g/mol. The minimum absolute atomic E-state index is 0.0551. The molecule has 238 valence electrons. The standard InChI is InChI=1S/C34H47N3O5SSi/c1-34(2,3)44(4,5)42-27-15-16-29-28(22-27)33(36-37(29)32-14-9-10-19-41-32)30-23-35-31(43-30)25-39-18-11-17-38-20-21-40-24-26-12-7-6-8-13-26/h6-8,12-13,15-16,22-23,32H,9-11,14,17-21,24-25H2,1-5H3. The minimum atomic E-state index is -1.99. The van der Waals surface area contributed by atoms with E-state index in [4.69, 9.17) is 28.5 Å². The summed E-state index contributed by atoms with van der Waals surface area (Å²) in [6.45, 7) is 15.6. The molecule has 2 aromatic heterocycles. The zero-order valence-electron chi connectivity index (χ0n) is 26.8. The Morgan fingerprint density at radius 2 is 1.73 bits per heavy atom. The highest BCUT2D eigenvalue weighted by Gasteiger charge is 2.39. The van der Waals surface area contributed by atoms with Gasteiger partial charge < -0.3 is 23.4 Å². The van der Waals surface area contributed by atoms with Crippen molar-refractivity contribution in [3.63, 3.8) is 0 Å². The van der Waals surface area contributed by atoms with Crippen LogP contribution in [0.15, 0.2) is 54.7 Å². The van der Waals surface area contributed by atoms with Crippen LogP contribution in [0, 0.1) is 0 Å². The van der Waals surface area contributed by atoms with Crippen molar-refractivity contribution < 1.29 is 23.4 Å². The normalized spacial score (nSPS) is 16.1. The molecule has 0 bridgehead atoms. The molecule has 2 aromatic carbocycles. The lowest BCUT2D eigenvalue weighted by molar-refractivity contribution is -0.0365. The first kappa shape index (κ1) is 32.8. The molecule has 1 unspecified atom stereocenters. The van der Waals surface area contributed by atoms with Crippen molar-refractivity contribution in [1.82, 2.24) is 14.8 Å². The molecule has 5 rings (SSSR count). The fourth-order valence-electron chi connectivity index (χ4n) is 4.84. The number of hydrogen-bond acceptors (Lipinski definition) is 8. The van der Waals surface area contributed by atoms with Crippen LogP contribution < -0.4 is 4.43 Å². The number of benzene rings is 2. The third-order valence-electron chi connectivity index (χ3n) is 8.36. The molecule has 0 saturated carbocycles. The quantitative estimate of drug-likeness (QED) is 0.0957. The summed E-state index contributed by atoms with van der Waals surface area (Å²) in [6, 6.07) is 16.5. The van der Waals surface area contributed by atoms with Crippen molar-refractivity contribution in [2.45, 2.75) is 84.0 Å². The van der Waals surface area contributed by atoms with Crippen LogP contribution >= 0.6 is 11.3 Å². The smallest absolute Gasteiger partial charge is 0.250 e. The zero-order valence-corrected chi connectivity index (χ0v) is 28.7. The molecule has 1 saturated heterocycles. The Balaban J connectivity index is 1.16. The molecule has 8 nitrogen and oxygen atoms in total. The first-order chi connectivity index (χ1) is 21.2. The summed E-state index contributed by atoms with van der Waals surface area (Å²) in [7, 11) is -1.99. The lowest BCUT2D eigenvalue weighted by Crippen LogP contribution is -2.43. The predicted molar refractivity (Wildman–Crippen MR) is 179 cm³/mol. The van der Waals surface area contributed by atoms with E-state index in [1.54, 1.807) is 11.3 Å². The maximum Gasteiger partial charge on any atom is 0.250 e. The predicted octanol–water partition coefficient (Wildman–Crippen LogP) is 8.38. The van der Waals surface area contributed by atoms with Crippen molar-refractivity contribution in [3.8, 4) is 16.3 Å². The van der Waals surface area contributed by atoms with E-state index >= 15 is 0 Å². The Labute approximate surface area is 266 Å². The molecule has 0 N–H and O–H groups in total. The average molecular weight is 638 g/mol. The molecular formula is C34H47N3O5SSi. The molecule has 1 fully saturated rings. The van der Waals surface area contributed by atoms with Crippen LogP contribution in [0.3, 0.4) is 0 Å². The van der Waals surface area contributed by atoms with Crippen LogP contribution in [0.25, 0.3) is 21.5 Å². The van der Waals surface area contributed by atoms with E-state index in [-0.39, 0.29) is 11.3 Å². The molecule has 0 aliphatic carbocycles. The summed E-state index contributed by atoms with van der Waals surface area (Å²) in [5, 5.41) is 7.21. The second-order valence-corrected chi connectivity index (χ2v) is 18.7. The number of rotatable bonds is 15. The van der Waals surface area contributed by atoms with Crippen molar-refractivity contribution in [3.05, 3.63) is 65.3 Å². The van der Waals surface area contributed by atoms with Gasteiger partial charge in [-0.15, -0.1) is 11.3 Å². The third kappa shape index (κ3) is 8.56. The van der Waals surface area contributed by atoms with Gasteiger partial charge in [0.05, 0.1) is 36.8 Å². The largest absolute Gasteiger partial charge is 0.543 e. The first-order valence-electron chi connectivity index (χ1n) is 15.8. The van der Waals surface area contributed by atoms with Crippen LogP contribution in [0.4, 0.5) is 0 Å². The Bertz CT molecular complexity index is 1460. The van der Waals surface area contributed by atoms with Gasteiger partial charge in [-0.25, -0.2) is 9.67 Å². The van der Waals surface area contributed by atoms with Gasteiger partial charge in [-0.3, -0.25) is 0 Å². The number of aromatic nitrogens is 3. The minimum Gasteiger partial charge on any atom is -0.543 e. The van der Waals surface area contributed by atoms with Gasteiger partial charge in [0.25, 0.3) is 0 Å². The van der Waals surface area contributed by atoms with Gasteiger partial charge in [0.2, 0.25) is 8.32 Å². The number of thiazole rings is 1. The average Bonchev–Trinajstić information content (AvgIpc) is 3.63. The van der Waals surface area contributed by atoms with Crippen LogP contribution in [0.1, 0.15) is 63.3 Å². The molecule has 1 aliphatic rings. The number of hydrogen-bond donors (Lipinski definition) is 0. The fraction of sp³-hybridized carbons (Fsp3) is 0.529. The molecule has 10 heteroatoms. The summed E-state index contributed by atoms with van der Waals surface area (Å²) in [4.78, 5) is 5.69. The summed E-state index contributed by atoms with van der Waals surface area (Å²) in [6.07, 6.45) is 5.89. The van der Waals surface area contributed by atoms with Crippen molar-refractivity contribution in [2.75, 3.05) is 33.0 Å². The number of ether oxygens (including phenoxy) is 4. The molecular weight excluding hydrogens is 591 g/mol. The number of nitrogens with zero attached hydrogens (tertiary/aromatic N) is 3. The molecule has 0 amide bonds. The summed E-state index contributed by atoms with van der Waals surface area (Å²) >= 11 is 1.63. The maximum atomic E-state index is 6.68. The first-order valence-corrected chi connectivity index (χ1v) is 19.5. The van der Waals surface area contributed by atoms with Gasteiger partial charge >= 0.3 is 0 Å². The van der Waals surface area contributed by atoms with Crippen LogP contribution in [0.5, 0.6) is 5.75 Å². The summed E-state index contributed by atoms with van der Waals surface area (Å²) in [5.41, 5.74) is 3.15. The lowest BCUT2D eigenvalue weighted by atomic mass is 10.1. The van der Waals surface area contributed by atoms with Crippen LogP contribution in [-0.4, -0.2) is 56.1 Å². The van der Waals surface area contributed by atoms with Crippen LogP contribution in [-0.2, 0) is 32.2 Å². The Hall–Kier alpha value is -2.60. The highest BCUT2D eigenvalue weighted by molar-refractivity contribution is 7.15. The van der Waals surface area contributed by atoms with Gasteiger partial charge in [-0.1, -0.05) is 51.1 Å². The zero-order chi connectivity index (χ0) is 31.0. The van der Waals surface area contributed by atoms with E-state index in [0.29, 0.717) is 39.6 Å². The van der Waals surface area contributed by atoms with E-state index in [0.717, 1.165) is 64.5 Å². The van der Waals surface area contributed by atoms with Gasteiger partial charge in [-0.2, -0.15) is 5.10 Å². The SMILES string of the molecule is CC(C)(C)[Si](C)(C)Oc1ccc2c(c1)c(-c1cnc(COCCCOCCOCc3ccccc3)s1)nn2C1CCCCO1. The maximum absolute atomic E-state index is 6.68. The Morgan fingerprint density at radius 3 is 2.50 bits per heavy atom.